The summed E-state index contributed by atoms with van der Waals surface area (Å²) in [5, 5.41) is 0. The van der Waals surface area contributed by atoms with E-state index in [2.05, 4.69) is 19.9 Å². The Labute approximate surface area is 156 Å². The summed E-state index contributed by atoms with van der Waals surface area (Å²) in [6.07, 6.45) is -3.04. The Balaban J connectivity index is 1.89. The average Bonchev–Trinajstić information content (AvgIpc) is 2.66. The van der Waals surface area contributed by atoms with E-state index in [1.54, 1.807) is 25.3 Å². The molecule has 1 aliphatic rings. The van der Waals surface area contributed by atoms with Crippen molar-refractivity contribution < 1.29 is 17.9 Å². The predicted octanol–water partition coefficient (Wildman–Crippen LogP) is 2.71. The third-order valence-corrected chi connectivity index (χ3v) is 4.57. The Hall–Kier alpha value is -2.26. The maximum atomic E-state index is 13.4. The lowest BCUT2D eigenvalue weighted by atomic mass is 10.2. The van der Waals surface area contributed by atoms with Crippen molar-refractivity contribution in [3.8, 4) is 11.5 Å². The lowest BCUT2D eigenvalue weighted by Crippen LogP contribution is -2.53. The molecule has 0 spiro atoms. The van der Waals surface area contributed by atoms with Gasteiger partial charge in [0.15, 0.2) is 11.5 Å². The van der Waals surface area contributed by atoms with Gasteiger partial charge in [-0.1, -0.05) is 6.07 Å². The minimum Gasteiger partial charge on any atom is -0.383 e. The molecule has 1 aliphatic heterocycles. The van der Waals surface area contributed by atoms with Crippen LogP contribution in [0.1, 0.15) is 12.6 Å². The number of nitrogens with zero attached hydrogens (tertiary/aromatic N) is 5. The summed E-state index contributed by atoms with van der Waals surface area (Å²) < 4.78 is 45.2. The molecule has 0 amide bonds. The van der Waals surface area contributed by atoms with Crippen LogP contribution in [0.3, 0.4) is 0 Å². The summed E-state index contributed by atoms with van der Waals surface area (Å²) in [5.41, 5.74) is -0.640. The molecule has 0 saturated carbocycles. The number of methoxy groups -OCH3 is 1. The van der Waals surface area contributed by atoms with E-state index in [0.29, 0.717) is 25.4 Å². The largest absolute Gasteiger partial charge is 0.433 e. The van der Waals surface area contributed by atoms with Crippen LogP contribution in [-0.4, -0.2) is 65.8 Å². The second-order valence-corrected chi connectivity index (χ2v) is 6.47. The lowest BCUT2D eigenvalue weighted by molar-refractivity contribution is -0.141. The average molecular weight is 381 g/mol. The molecule has 1 fully saturated rings. The predicted molar refractivity (Wildman–Crippen MR) is 95.4 cm³/mol. The monoisotopic (exact) mass is 381 g/mol. The molecule has 6 nitrogen and oxygen atoms in total. The van der Waals surface area contributed by atoms with Crippen molar-refractivity contribution in [1.29, 1.82) is 0 Å². The van der Waals surface area contributed by atoms with Crippen molar-refractivity contribution in [3.63, 3.8) is 0 Å². The zero-order valence-electron chi connectivity index (χ0n) is 15.3. The normalized spacial score (nSPS) is 18.7. The van der Waals surface area contributed by atoms with Crippen LogP contribution in [0.15, 0.2) is 30.5 Å². The van der Waals surface area contributed by atoms with E-state index in [1.165, 1.54) is 6.20 Å². The highest BCUT2D eigenvalue weighted by Gasteiger charge is 2.35. The van der Waals surface area contributed by atoms with Gasteiger partial charge < -0.3 is 9.64 Å². The fourth-order valence-electron chi connectivity index (χ4n) is 3.10. The molecule has 146 valence electrons. The fourth-order valence-corrected chi connectivity index (χ4v) is 3.10. The minimum absolute atomic E-state index is 0.0186. The lowest BCUT2D eigenvalue weighted by Gasteiger charge is -2.40. The standard InChI is InChI=1S/C18H22F3N5O/c1-13-12-26(8-7-25(13)9-10-27-2)16-11-15(18(19,20)21)23-17(24-16)14-5-3-4-6-22-14/h3-6,11,13H,7-10,12H2,1-2H3. The zero-order chi connectivity index (χ0) is 19.4. The van der Waals surface area contributed by atoms with Gasteiger partial charge in [-0.2, -0.15) is 13.2 Å². The van der Waals surface area contributed by atoms with Crippen LogP contribution in [0, 0.1) is 0 Å². The first kappa shape index (κ1) is 19.5. The van der Waals surface area contributed by atoms with E-state index in [9.17, 15) is 13.2 Å². The van der Waals surface area contributed by atoms with Crippen LogP contribution in [-0.2, 0) is 10.9 Å². The van der Waals surface area contributed by atoms with Crippen LogP contribution >= 0.6 is 0 Å². The van der Waals surface area contributed by atoms with Gasteiger partial charge in [-0.15, -0.1) is 0 Å². The van der Waals surface area contributed by atoms with Crippen molar-refractivity contribution in [2.75, 3.05) is 44.8 Å². The van der Waals surface area contributed by atoms with Gasteiger partial charge in [-0.05, 0) is 19.1 Å². The molecular formula is C18H22F3N5O. The molecule has 0 N–H and O–H groups in total. The molecule has 0 radical (unpaired) electrons. The van der Waals surface area contributed by atoms with Gasteiger partial charge in [0.25, 0.3) is 0 Å². The molecule has 9 heteroatoms. The van der Waals surface area contributed by atoms with Gasteiger partial charge in [0.1, 0.15) is 11.5 Å². The SMILES string of the molecule is COCCN1CCN(c2cc(C(F)(F)F)nc(-c3ccccn3)n2)CC1C. The van der Waals surface area contributed by atoms with Crippen LogP contribution in [0.2, 0.25) is 0 Å². The summed E-state index contributed by atoms with van der Waals surface area (Å²) in [4.78, 5) is 16.3. The van der Waals surface area contributed by atoms with Crippen molar-refractivity contribution in [2.24, 2.45) is 0 Å². The van der Waals surface area contributed by atoms with Gasteiger partial charge >= 0.3 is 6.18 Å². The second kappa shape index (κ2) is 8.18. The number of alkyl halides is 3. The summed E-state index contributed by atoms with van der Waals surface area (Å²) in [6, 6.07) is 6.19. The molecular weight excluding hydrogens is 359 g/mol. The van der Waals surface area contributed by atoms with Gasteiger partial charge in [-0.25, -0.2) is 9.97 Å². The quantitative estimate of drug-likeness (QED) is 0.794. The molecule has 2 aromatic rings. The number of pyridine rings is 1. The maximum Gasteiger partial charge on any atom is 0.433 e. The number of rotatable bonds is 5. The molecule has 27 heavy (non-hydrogen) atoms. The van der Waals surface area contributed by atoms with Crippen molar-refractivity contribution in [2.45, 2.75) is 19.1 Å². The summed E-state index contributed by atoms with van der Waals surface area (Å²) in [5.74, 6) is 0.256. The van der Waals surface area contributed by atoms with E-state index in [0.717, 1.165) is 19.2 Å². The maximum absolute atomic E-state index is 13.4. The molecule has 1 saturated heterocycles. The van der Waals surface area contributed by atoms with Crippen molar-refractivity contribution in [1.82, 2.24) is 19.9 Å². The Morgan fingerprint density at radius 3 is 2.67 bits per heavy atom. The van der Waals surface area contributed by atoms with Crippen LogP contribution in [0.25, 0.3) is 11.5 Å². The van der Waals surface area contributed by atoms with E-state index in [-0.39, 0.29) is 17.7 Å². The topological polar surface area (TPSA) is 54.4 Å². The van der Waals surface area contributed by atoms with E-state index in [1.807, 2.05) is 11.8 Å². The van der Waals surface area contributed by atoms with Crippen molar-refractivity contribution in [3.05, 3.63) is 36.2 Å². The van der Waals surface area contributed by atoms with E-state index in [4.69, 9.17) is 4.74 Å². The number of aromatic nitrogens is 3. The first-order valence-electron chi connectivity index (χ1n) is 8.74. The number of ether oxygens (including phenoxy) is 1. The Morgan fingerprint density at radius 2 is 2.04 bits per heavy atom. The second-order valence-electron chi connectivity index (χ2n) is 6.47. The Kier molecular flexibility index (Phi) is 5.91. The van der Waals surface area contributed by atoms with Crippen LogP contribution in [0.5, 0.6) is 0 Å². The first-order chi connectivity index (χ1) is 12.9. The van der Waals surface area contributed by atoms with Gasteiger partial charge in [0.2, 0.25) is 0 Å². The highest BCUT2D eigenvalue weighted by atomic mass is 19.4. The molecule has 2 aromatic heterocycles. The fraction of sp³-hybridized carbons (Fsp3) is 0.500. The Bertz CT molecular complexity index is 756. The summed E-state index contributed by atoms with van der Waals surface area (Å²) in [6.45, 7) is 5.37. The molecule has 0 aromatic carbocycles. The molecule has 3 heterocycles. The highest BCUT2D eigenvalue weighted by molar-refractivity contribution is 5.54. The smallest absolute Gasteiger partial charge is 0.383 e. The molecule has 3 rings (SSSR count). The van der Waals surface area contributed by atoms with E-state index < -0.39 is 11.9 Å². The first-order valence-corrected chi connectivity index (χ1v) is 8.74. The zero-order valence-corrected chi connectivity index (χ0v) is 15.3. The molecule has 0 aliphatic carbocycles. The summed E-state index contributed by atoms with van der Waals surface area (Å²) in [7, 11) is 1.65. The number of piperazine rings is 1. The van der Waals surface area contributed by atoms with Gasteiger partial charge in [-0.3, -0.25) is 9.88 Å². The molecule has 1 atom stereocenters. The summed E-state index contributed by atoms with van der Waals surface area (Å²) >= 11 is 0. The molecule has 1 unspecified atom stereocenters. The Morgan fingerprint density at radius 1 is 1.22 bits per heavy atom. The number of hydrogen-bond donors (Lipinski definition) is 0. The van der Waals surface area contributed by atoms with Gasteiger partial charge in [0.05, 0.1) is 6.61 Å². The minimum atomic E-state index is -4.55. The molecule has 0 bridgehead atoms. The van der Waals surface area contributed by atoms with Crippen molar-refractivity contribution >= 4 is 5.82 Å². The van der Waals surface area contributed by atoms with Gasteiger partial charge in [0, 0.05) is 51.6 Å². The number of halogens is 3. The third-order valence-electron chi connectivity index (χ3n) is 4.57. The number of hydrogen-bond acceptors (Lipinski definition) is 6. The third kappa shape index (κ3) is 4.72. The number of anilines is 1. The highest BCUT2D eigenvalue weighted by Crippen LogP contribution is 2.31. The van der Waals surface area contributed by atoms with E-state index >= 15 is 0 Å². The van der Waals surface area contributed by atoms with Crippen LogP contribution in [0.4, 0.5) is 19.0 Å². The van der Waals surface area contributed by atoms with Crippen LogP contribution < -0.4 is 4.90 Å².